The fourth-order valence-electron chi connectivity index (χ4n) is 2.85. The second kappa shape index (κ2) is 7.79. The van der Waals surface area contributed by atoms with Gasteiger partial charge in [-0.25, -0.2) is 4.98 Å². The van der Waals surface area contributed by atoms with E-state index in [0.717, 1.165) is 18.1 Å². The zero-order chi connectivity index (χ0) is 17.6. The zero-order valence-electron chi connectivity index (χ0n) is 14.6. The van der Waals surface area contributed by atoms with Crippen molar-refractivity contribution >= 4 is 5.91 Å². The zero-order valence-corrected chi connectivity index (χ0v) is 14.6. The number of nitrogens with zero attached hydrogens (tertiary/aromatic N) is 4. The Morgan fingerprint density at radius 2 is 2.00 bits per heavy atom. The molecule has 0 saturated carbocycles. The van der Waals surface area contributed by atoms with Gasteiger partial charge in [-0.1, -0.05) is 30.3 Å². The van der Waals surface area contributed by atoms with Gasteiger partial charge in [0.2, 0.25) is 0 Å². The van der Waals surface area contributed by atoms with Gasteiger partial charge in [-0.3, -0.25) is 9.48 Å². The van der Waals surface area contributed by atoms with Gasteiger partial charge < -0.3 is 9.88 Å². The maximum absolute atomic E-state index is 12.3. The number of hydrogen-bond donors (Lipinski definition) is 1. The summed E-state index contributed by atoms with van der Waals surface area (Å²) in [5, 5.41) is 7.08. The van der Waals surface area contributed by atoms with Crippen molar-refractivity contribution in [1.82, 2.24) is 24.6 Å². The highest BCUT2D eigenvalue weighted by Crippen LogP contribution is 2.10. The van der Waals surface area contributed by atoms with Gasteiger partial charge in [0, 0.05) is 44.1 Å². The standard InChI is InChI=1S/C19H23N5O/c1-3-24-17(9-12-22-24)19(25)20-11-10-18-21-13-15(2)23(18)14-16-7-5-4-6-8-16/h4-9,12-13H,3,10-11,14H2,1-2H3,(H,20,25). The molecule has 0 spiro atoms. The van der Waals surface area contributed by atoms with Crippen LogP contribution in [0, 0.1) is 6.92 Å². The van der Waals surface area contributed by atoms with Gasteiger partial charge in [0.15, 0.2) is 0 Å². The number of nitrogens with one attached hydrogen (secondary N) is 1. The molecular weight excluding hydrogens is 314 g/mol. The second-order valence-corrected chi connectivity index (χ2v) is 5.93. The van der Waals surface area contributed by atoms with E-state index in [1.54, 1.807) is 16.9 Å². The van der Waals surface area contributed by atoms with E-state index in [2.05, 4.69) is 39.0 Å². The number of aryl methyl sites for hydroxylation is 2. The van der Waals surface area contributed by atoms with Crippen LogP contribution < -0.4 is 5.32 Å². The van der Waals surface area contributed by atoms with Crippen LogP contribution in [-0.4, -0.2) is 31.8 Å². The van der Waals surface area contributed by atoms with Crippen LogP contribution >= 0.6 is 0 Å². The van der Waals surface area contributed by atoms with Crippen molar-refractivity contribution in [3.05, 3.63) is 71.6 Å². The molecule has 6 nitrogen and oxygen atoms in total. The number of amides is 1. The third kappa shape index (κ3) is 3.96. The minimum Gasteiger partial charge on any atom is -0.350 e. The molecule has 0 aliphatic rings. The molecule has 25 heavy (non-hydrogen) atoms. The van der Waals surface area contributed by atoms with Gasteiger partial charge in [-0.05, 0) is 25.5 Å². The highest BCUT2D eigenvalue weighted by Gasteiger charge is 2.12. The Morgan fingerprint density at radius 3 is 2.76 bits per heavy atom. The molecule has 130 valence electrons. The lowest BCUT2D eigenvalue weighted by molar-refractivity contribution is 0.0943. The lowest BCUT2D eigenvalue weighted by Gasteiger charge is -2.11. The number of aromatic nitrogens is 4. The van der Waals surface area contributed by atoms with Crippen molar-refractivity contribution < 1.29 is 4.79 Å². The monoisotopic (exact) mass is 337 g/mol. The summed E-state index contributed by atoms with van der Waals surface area (Å²) in [6.45, 7) is 6.03. The number of rotatable bonds is 7. The second-order valence-electron chi connectivity index (χ2n) is 5.93. The molecule has 0 unspecified atom stereocenters. The van der Waals surface area contributed by atoms with E-state index in [-0.39, 0.29) is 5.91 Å². The van der Waals surface area contributed by atoms with Gasteiger partial charge in [-0.2, -0.15) is 5.10 Å². The molecule has 2 aromatic heterocycles. The van der Waals surface area contributed by atoms with Crippen LogP contribution in [0.5, 0.6) is 0 Å². The number of imidazole rings is 1. The normalized spacial score (nSPS) is 10.8. The molecule has 1 N–H and O–H groups in total. The molecule has 3 rings (SSSR count). The molecule has 0 aliphatic carbocycles. The number of carbonyl (C=O) groups excluding carboxylic acids is 1. The summed E-state index contributed by atoms with van der Waals surface area (Å²) in [7, 11) is 0. The predicted octanol–water partition coefficient (Wildman–Crippen LogP) is 2.43. The summed E-state index contributed by atoms with van der Waals surface area (Å²) >= 11 is 0. The smallest absolute Gasteiger partial charge is 0.269 e. The Morgan fingerprint density at radius 1 is 1.20 bits per heavy atom. The topological polar surface area (TPSA) is 64.7 Å². The number of hydrogen-bond acceptors (Lipinski definition) is 3. The first-order chi connectivity index (χ1) is 12.2. The molecule has 3 aromatic rings. The lowest BCUT2D eigenvalue weighted by Crippen LogP contribution is -2.28. The summed E-state index contributed by atoms with van der Waals surface area (Å²) in [5.41, 5.74) is 2.95. The number of carbonyl (C=O) groups is 1. The van der Waals surface area contributed by atoms with Crippen LogP contribution in [0.1, 0.15) is 34.5 Å². The van der Waals surface area contributed by atoms with Gasteiger partial charge in [0.05, 0.1) is 0 Å². The maximum Gasteiger partial charge on any atom is 0.269 e. The minimum absolute atomic E-state index is 0.0998. The van der Waals surface area contributed by atoms with Crippen molar-refractivity contribution in [2.45, 2.75) is 33.4 Å². The molecule has 6 heteroatoms. The van der Waals surface area contributed by atoms with E-state index in [0.29, 0.717) is 25.2 Å². The van der Waals surface area contributed by atoms with E-state index in [9.17, 15) is 4.79 Å². The summed E-state index contributed by atoms with van der Waals surface area (Å²) in [4.78, 5) is 16.8. The summed E-state index contributed by atoms with van der Waals surface area (Å²) < 4.78 is 3.88. The van der Waals surface area contributed by atoms with Crippen molar-refractivity contribution in [1.29, 1.82) is 0 Å². The molecule has 0 aliphatic heterocycles. The summed E-state index contributed by atoms with van der Waals surface area (Å²) in [5.74, 6) is 0.878. The van der Waals surface area contributed by atoms with Crippen LogP contribution in [-0.2, 0) is 19.5 Å². The molecule has 0 fully saturated rings. The number of benzene rings is 1. The summed E-state index contributed by atoms with van der Waals surface area (Å²) in [6.07, 6.45) is 4.22. The fraction of sp³-hybridized carbons (Fsp3) is 0.316. The Balaban J connectivity index is 1.61. The van der Waals surface area contributed by atoms with Gasteiger partial charge in [0.25, 0.3) is 5.91 Å². The highest BCUT2D eigenvalue weighted by atomic mass is 16.2. The largest absolute Gasteiger partial charge is 0.350 e. The van der Waals surface area contributed by atoms with E-state index in [1.807, 2.05) is 31.3 Å². The molecule has 0 radical (unpaired) electrons. The molecule has 1 amide bonds. The first-order valence-corrected chi connectivity index (χ1v) is 8.54. The summed E-state index contributed by atoms with van der Waals surface area (Å²) in [6, 6.07) is 12.0. The lowest BCUT2D eigenvalue weighted by atomic mass is 10.2. The Kier molecular flexibility index (Phi) is 5.28. The van der Waals surface area contributed by atoms with Gasteiger partial charge in [-0.15, -0.1) is 0 Å². The van der Waals surface area contributed by atoms with Crippen LogP contribution in [0.25, 0.3) is 0 Å². The van der Waals surface area contributed by atoms with Gasteiger partial charge in [0.1, 0.15) is 11.5 Å². The van der Waals surface area contributed by atoms with E-state index in [4.69, 9.17) is 0 Å². The third-order valence-electron chi connectivity index (χ3n) is 4.20. The average molecular weight is 337 g/mol. The van der Waals surface area contributed by atoms with Crippen molar-refractivity contribution in [3.8, 4) is 0 Å². The van der Waals surface area contributed by atoms with Crippen LogP contribution in [0.3, 0.4) is 0 Å². The third-order valence-corrected chi connectivity index (χ3v) is 4.20. The van der Waals surface area contributed by atoms with Crippen molar-refractivity contribution in [3.63, 3.8) is 0 Å². The molecule has 1 aromatic carbocycles. The van der Waals surface area contributed by atoms with Crippen molar-refractivity contribution in [2.24, 2.45) is 0 Å². The first-order valence-electron chi connectivity index (χ1n) is 8.54. The molecule has 0 atom stereocenters. The van der Waals surface area contributed by atoms with E-state index in [1.165, 1.54) is 5.56 Å². The molecular formula is C19H23N5O. The first kappa shape index (κ1) is 17.0. The van der Waals surface area contributed by atoms with Crippen LogP contribution in [0.15, 0.2) is 48.8 Å². The van der Waals surface area contributed by atoms with Crippen molar-refractivity contribution in [2.75, 3.05) is 6.54 Å². The Hall–Kier alpha value is -2.89. The molecule has 0 bridgehead atoms. The predicted molar refractivity (Wildman–Crippen MR) is 96.4 cm³/mol. The van der Waals surface area contributed by atoms with E-state index >= 15 is 0 Å². The minimum atomic E-state index is -0.0998. The Bertz CT molecular complexity index is 835. The fourth-order valence-corrected chi connectivity index (χ4v) is 2.85. The van der Waals surface area contributed by atoms with Crippen LogP contribution in [0.4, 0.5) is 0 Å². The SMILES string of the molecule is CCn1nccc1C(=O)NCCc1ncc(C)n1Cc1ccccc1. The average Bonchev–Trinajstić information content (AvgIpc) is 3.24. The molecule has 2 heterocycles. The highest BCUT2D eigenvalue weighted by molar-refractivity contribution is 5.92. The van der Waals surface area contributed by atoms with Gasteiger partial charge >= 0.3 is 0 Å². The van der Waals surface area contributed by atoms with E-state index < -0.39 is 0 Å². The molecule has 0 saturated heterocycles. The Labute approximate surface area is 147 Å². The van der Waals surface area contributed by atoms with Crippen LogP contribution in [0.2, 0.25) is 0 Å². The maximum atomic E-state index is 12.3. The quantitative estimate of drug-likeness (QED) is 0.720.